The molecule has 7 nitrogen and oxygen atoms in total. The highest BCUT2D eigenvalue weighted by Gasteiger charge is 2.28. The highest BCUT2D eigenvalue weighted by atomic mass is 32.2. The number of rotatable bonds is 8. The molecule has 2 N–H and O–H groups in total. The summed E-state index contributed by atoms with van der Waals surface area (Å²) in [6, 6.07) is 22.1. The second-order valence-corrected chi connectivity index (χ2v) is 10.5. The van der Waals surface area contributed by atoms with Crippen LogP contribution in [0.2, 0.25) is 0 Å². The van der Waals surface area contributed by atoms with Gasteiger partial charge in [-0.2, -0.15) is 0 Å². The average Bonchev–Trinajstić information content (AvgIpc) is 3.32. The van der Waals surface area contributed by atoms with Crippen molar-refractivity contribution in [1.82, 2.24) is 10.2 Å². The lowest BCUT2D eigenvalue weighted by Gasteiger charge is -2.24. The van der Waals surface area contributed by atoms with E-state index < -0.39 is 10.0 Å². The van der Waals surface area contributed by atoms with E-state index in [0.29, 0.717) is 22.6 Å². The summed E-state index contributed by atoms with van der Waals surface area (Å²) in [5.41, 5.74) is 2.44. The standard InChI is InChI=1S/C27H31N3O4S/c1-19-13-14-22(17-26(19)35(32,33)29-24-11-7-8-12-25(24)34-3)27(31)28-23-15-16-30(18-23)20(2)21-9-5-4-6-10-21/h4-14,17,20,23,29H,15-16,18H2,1-3H3,(H,28,31). The number of ether oxygens (including phenoxy) is 1. The Morgan fingerprint density at radius 1 is 1.06 bits per heavy atom. The van der Waals surface area contributed by atoms with Crippen molar-refractivity contribution in [2.75, 3.05) is 24.9 Å². The molecule has 3 aromatic carbocycles. The topological polar surface area (TPSA) is 87.7 Å². The molecule has 0 spiro atoms. The number of nitrogens with zero attached hydrogens (tertiary/aromatic N) is 1. The van der Waals surface area contributed by atoms with Crippen molar-refractivity contribution >= 4 is 21.6 Å². The van der Waals surface area contributed by atoms with Gasteiger partial charge in [0.2, 0.25) is 0 Å². The van der Waals surface area contributed by atoms with Crippen LogP contribution in [0, 0.1) is 6.92 Å². The Balaban J connectivity index is 1.46. The lowest BCUT2D eigenvalue weighted by molar-refractivity contribution is 0.0936. The molecule has 1 aliphatic rings. The highest BCUT2D eigenvalue weighted by molar-refractivity contribution is 7.92. The van der Waals surface area contributed by atoms with E-state index >= 15 is 0 Å². The first-order valence-corrected chi connectivity index (χ1v) is 13.1. The van der Waals surface area contributed by atoms with Crippen molar-refractivity contribution in [1.29, 1.82) is 0 Å². The molecule has 1 heterocycles. The summed E-state index contributed by atoms with van der Waals surface area (Å²) >= 11 is 0. The van der Waals surface area contributed by atoms with Crippen molar-refractivity contribution in [3.8, 4) is 5.75 Å². The van der Waals surface area contributed by atoms with E-state index in [1.807, 2.05) is 18.2 Å². The van der Waals surface area contributed by atoms with Crippen LogP contribution >= 0.6 is 0 Å². The Morgan fingerprint density at radius 2 is 1.77 bits per heavy atom. The molecule has 0 saturated carbocycles. The molecule has 0 aliphatic carbocycles. The Morgan fingerprint density at radius 3 is 2.51 bits per heavy atom. The lowest BCUT2D eigenvalue weighted by Crippen LogP contribution is -2.37. The number of likely N-dealkylation sites (tertiary alicyclic amines) is 1. The highest BCUT2D eigenvalue weighted by Crippen LogP contribution is 2.28. The fourth-order valence-electron chi connectivity index (χ4n) is 4.43. The molecule has 35 heavy (non-hydrogen) atoms. The van der Waals surface area contributed by atoms with Crippen molar-refractivity contribution < 1.29 is 17.9 Å². The fourth-order valence-corrected chi connectivity index (χ4v) is 5.77. The van der Waals surface area contributed by atoms with E-state index in [9.17, 15) is 13.2 Å². The van der Waals surface area contributed by atoms with E-state index in [2.05, 4.69) is 34.0 Å². The van der Waals surface area contributed by atoms with Gasteiger partial charge in [0.1, 0.15) is 5.75 Å². The Bertz CT molecular complexity index is 1290. The smallest absolute Gasteiger partial charge is 0.262 e. The predicted molar refractivity (Wildman–Crippen MR) is 137 cm³/mol. The minimum Gasteiger partial charge on any atom is -0.495 e. The van der Waals surface area contributed by atoms with Gasteiger partial charge in [0, 0.05) is 30.7 Å². The van der Waals surface area contributed by atoms with Crippen molar-refractivity contribution in [2.45, 2.75) is 37.2 Å². The summed E-state index contributed by atoms with van der Waals surface area (Å²) in [5.74, 6) is 0.135. The van der Waals surface area contributed by atoms with Crippen molar-refractivity contribution in [2.24, 2.45) is 0 Å². The van der Waals surface area contributed by atoms with Crippen LogP contribution in [0.4, 0.5) is 5.69 Å². The van der Waals surface area contributed by atoms with Crippen LogP contribution in [0.5, 0.6) is 5.75 Å². The molecule has 2 atom stereocenters. The second kappa shape index (κ2) is 10.5. The van der Waals surface area contributed by atoms with E-state index in [0.717, 1.165) is 19.5 Å². The third-order valence-corrected chi connectivity index (χ3v) is 7.98. The zero-order valence-electron chi connectivity index (χ0n) is 20.2. The van der Waals surface area contributed by atoms with Gasteiger partial charge in [-0.15, -0.1) is 0 Å². The summed E-state index contributed by atoms with van der Waals surface area (Å²) < 4.78 is 34.1. The molecule has 8 heteroatoms. The number of hydrogen-bond acceptors (Lipinski definition) is 5. The van der Waals surface area contributed by atoms with Gasteiger partial charge in [-0.25, -0.2) is 8.42 Å². The quantitative estimate of drug-likeness (QED) is 0.487. The van der Waals surface area contributed by atoms with Gasteiger partial charge in [-0.3, -0.25) is 14.4 Å². The molecule has 0 aromatic heterocycles. The van der Waals surface area contributed by atoms with E-state index in [-0.39, 0.29) is 22.9 Å². The Labute approximate surface area is 207 Å². The SMILES string of the molecule is COc1ccccc1NS(=O)(=O)c1cc(C(=O)NC2CCN(C(C)c3ccccc3)C2)ccc1C. The summed E-state index contributed by atoms with van der Waals surface area (Å²) in [6.45, 7) is 5.51. The molecular weight excluding hydrogens is 462 g/mol. The van der Waals surface area contributed by atoms with Gasteiger partial charge >= 0.3 is 0 Å². The molecular formula is C27H31N3O4S. The van der Waals surface area contributed by atoms with Crippen LogP contribution < -0.4 is 14.8 Å². The van der Waals surface area contributed by atoms with Gasteiger partial charge < -0.3 is 10.1 Å². The van der Waals surface area contributed by atoms with Gasteiger partial charge in [0.15, 0.2) is 0 Å². The van der Waals surface area contributed by atoms with Crippen LogP contribution in [0.1, 0.15) is 40.9 Å². The first-order chi connectivity index (χ1) is 16.8. The number of carbonyl (C=O) groups is 1. The lowest BCUT2D eigenvalue weighted by atomic mass is 10.1. The number of sulfonamides is 1. The Hall–Kier alpha value is -3.36. The number of carbonyl (C=O) groups excluding carboxylic acids is 1. The van der Waals surface area contributed by atoms with Gasteiger partial charge in [0.05, 0.1) is 17.7 Å². The fraction of sp³-hybridized carbons (Fsp3) is 0.296. The molecule has 1 amide bonds. The number of methoxy groups -OCH3 is 1. The van der Waals surface area contributed by atoms with E-state index in [1.165, 1.54) is 18.7 Å². The molecule has 1 aliphatic heterocycles. The zero-order valence-corrected chi connectivity index (χ0v) is 21.0. The van der Waals surface area contributed by atoms with E-state index in [1.54, 1.807) is 43.3 Å². The van der Waals surface area contributed by atoms with Crippen LogP contribution in [0.3, 0.4) is 0 Å². The number of anilines is 1. The maximum absolute atomic E-state index is 13.2. The molecule has 184 valence electrons. The van der Waals surface area contributed by atoms with Crippen molar-refractivity contribution in [3.63, 3.8) is 0 Å². The maximum Gasteiger partial charge on any atom is 0.262 e. The van der Waals surface area contributed by atoms with Crippen LogP contribution in [0.25, 0.3) is 0 Å². The summed E-state index contributed by atoms with van der Waals surface area (Å²) in [6.07, 6.45) is 0.843. The van der Waals surface area contributed by atoms with E-state index in [4.69, 9.17) is 4.74 Å². The zero-order chi connectivity index (χ0) is 25.0. The molecule has 4 rings (SSSR count). The Kier molecular flexibility index (Phi) is 7.42. The average molecular weight is 494 g/mol. The molecule has 3 aromatic rings. The predicted octanol–water partition coefficient (Wildman–Crippen LogP) is 4.37. The minimum absolute atomic E-state index is 0.00160. The first kappa shape index (κ1) is 24.8. The summed E-state index contributed by atoms with van der Waals surface area (Å²) in [4.78, 5) is 15.4. The molecule has 0 bridgehead atoms. The first-order valence-electron chi connectivity index (χ1n) is 11.6. The van der Waals surface area contributed by atoms with Gasteiger partial charge in [-0.05, 0) is 55.7 Å². The van der Waals surface area contributed by atoms with Crippen LogP contribution in [-0.4, -0.2) is 45.5 Å². The number of benzene rings is 3. The van der Waals surface area contributed by atoms with Gasteiger partial charge in [-0.1, -0.05) is 48.5 Å². The molecule has 1 fully saturated rings. The number of nitrogens with one attached hydrogen (secondary N) is 2. The minimum atomic E-state index is -3.93. The number of aryl methyl sites for hydroxylation is 1. The maximum atomic E-state index is 13.2. The van der Waals surface area contributed by atoms with Crippen LogP contribution in [0.15, 0.2) is 77.7 Å². The third kappa shape index (κ3) is 5.66. The number of hydrogen-bond donors (Lipinski definition) is 2. The van der Waals surface area contributed by atoms with Gasteiger partial charge in [0.25, 0.3) is 15.9 Å². The second-order valence-electron chi connectivity index (χ2n) is 8.83. The molecule has 1 saturated heterocycles. The number of para-hydroxylation sites is 2. The monoisotopic (exact) mass is 493 g/mol. The molecule has 2 unspecified atom stereocenters. The largest absolute Gasteiger partial charge is 0.495 e. The third-order valence-electron chi connectivity index (χ3n) is 6.48. The summed E-state index contributed by atoms with van der Waals surface area (Å²) in [5, 5.41) is 3.08. The normalized spacial score (nSPS) is 17.1. The number of amides is 1. The molecule has 0 radical (unpaired) electrons. The summed E-state index contributed by atoms with van der Waals surface area (Å²) in [7, 11) is -2.45. The van der Waals surface area contributed by atoms with Crippen molar-refractivity contribution in [3.05, 3.63) is 89.5 Å². The van der Waals surface area contributed by atoms with Crippen LogP contribution in [-0.2, 0) is 10.0 Å².